The minimum atomic E-state index is 0.676. The fraction of sp³-hybridized carbons (Fsp3) is 0.500. The van der Waals surface area contributed by atoms with E-state index in [1.807, 2.05) is 24.0 Å². The number of aryl methyl sites for hydroxylation is 2. The molecular weight excluding hydrogens is 204 g/mol. The Balaban J connectivity index is 1.84. The minimum absolute atomic E-state index is 0.676. The second-order valence-electron chi connectivity index (χ2n) is 3.58. The van der Waals surface area contributed by atoms with Crippen molar-refractivity contribution in [2.75, 3.05) is 0 Å². The lowest BCUT2D eigenvalue weighted by atomic mass is 10.4. The quantitative estimate of drug-likeness (QED) is 0.788. The van der Waals surface area contributed by atoms with Crippen LogP contribution in [-0.4, -0.2) is 24.5 Å². The fourth-order valence-electron chi connectivity index (χ4n) is 1.56. The van der Waals surface area contributed by atoms with Gasteiger partial charge in [-0.25, -0.2) is 4.98 Å². The molecule has 0 bridgehead atoms. The van der Waals surface area contributed by atoms with Crippen molar-refractivity contribution in [3.63, 3.8) is 0 Å². The molecule has 86 valence electrons. The van der Waals surface area contributed by atoms with Gasteiger partial charge in [-0.2, -0.15) is 10.2 Å². The average Bonchev–Trinajstić information content (AvgIpc) is 2.87. The molecule has 0 aromatic carbocycles. The molecule has 0 atom stereocenters. The maximum absolute atomic E-state index is 4.21. The van der Waals surface area contributed by atoms with Gasteiger partial charge in [0, 0.05) is 26.3 Å². The van der Waals surface area contributed by atoms with E-state index in [4.69, 9.17) is 0 Å². The summed E-state index contributed by atoms with van der Waals surface area (Å²) in [7, 11) is 1.86. The summed E-state index contributed by atoms with van der Waals surface area (Å²) in [6.45, 7) is 4.44. The number of hydrogen-bond donors (Lipinski definition) is 1. The Morgan fingerprint density at radius 2 is 2.25 bits per heavy atom. The van der Waals surface area contributed by atoms with Crippen LogP contribution in [0.2, 0.25) is 0 Å². The van der Waals surface area contributed by atoms with Gasteiger partial charge in [-0.3, -0.25) is 9.36 Å². The van der Waals surface area contributed by atoms with Crippen molar-refractivity contribution in [1.29, 1.82) is 0 Å². The van der Waals surface area contributed by atoms with E-state index < -0.39 is 0 Å². The summed E-state index contributed by atoms with van der Waals surface area (Å²) in [5.74, 6) is 0.810. The Kier molecular flexibility index (Phi) is 3.31. The number of nitrogens with zero attached hydrogens (tertiary/aromatic N) is 5. The number of nitrogens with one attached hydrogen (secondary N) is 1. The van der Waals surface area contributed by atoms with Crippen molar-refractivity contribution in [3.05, 3.63) is 30.1 Å². The second-order valence-corrected chi connectivity index (χ2v) is 3.58. The van der Waals surface area contributed by atoms with Crippen LogP contribution in [0.3, 0.4) is 0 Å². The molecule has 0 saturated carbocycles. The van der Waals surface area contributed by atoms with Crippen LogP contribution in [0, 0.1) is 0 Å². The van der Waals surface area contributed by atoms with Gasteiger partial charge < -0.3 is 5.32 Å². The molecule has 0 aliphatic rings. The molecule has 0 aliphatic heterocycles. The van der Waals surface area contributed by atoms with E-state index in [9.17, 15) is 0 Å². The van der Waals surface area contributed by atoms with Gasteiger partial charge in [0.2, 0.25) is 0 Å². The molecule has 6 heteroatoms. The minimum Gasteiger partial charge on any atom is -0.304 e. The van der Waals surface area contributed by atoms with Crippen LogP contribution in [-0.2, 0) is 26.7 Å². The molecule has 0 unspecified atom stereocenters. The highest BCUT2D eigenvalue weighted by Crippen LogP contribution is 1.98. The Bertz CT molecular complexity index is 444. The predicted molar refractivity (Wildman–Crippen MR) is 59.4 cm³/mol. The SMILES string of the molecule is CCn1nccc1CNCc1ncn(C)n1. The Morgan fingerprint density at radius 3 is 2.94 bits per heavy atom. The highest BCUT2D eigenvalue weighted by Gasteiger charge is 2.01. The molecule has 2 aromatic heterocycles. The predicted octanol–water partition coefficient (Wildman–Crippen LogP) is 0.321. The topological polar surface area (TPSA) is 60.6 Å². The van der Waals surface area contributed by atoms with Gasteiger partial charge in [0.05, 0.1) is 12.2 Å². The first-order valence-corrected chi connectivity index (χ1v) is 5.35. The van der Waals surface area contributed by atoms with E-state index in [1.54, 1.807) is 11.0 Å². The standard InChI is InChI=1S/C10H16N6/c1-3-16-9(4-5-13-16)6-11-7-10-12-8-15(2)14-10/h4-5,8,11H,3,6-7H2,1-2H3. The monoisotopic (exact) mass is 220 g/mol. The number of hydrogen-bond acceptors (Lipinski definition) is 4. The van der Waals surface area contributed by atoms with Crippen molar-refractivity contribution < 1.29 is 0 Å². The highest BCUT2D eigenvalue weighted by molar-refractivity contribution is 5.00. The summed E-state index contributed by atoms with van der Waals surface area (Å²) in [6, 6.07) is 2.02. The summed E-state index contributed by atoms with van der Waals surface area (Å²) < 4.78 is 3.67. The lowest BCUT2D eigenvalue weighted by Crippen LogP contribution is -2.17. The molecule has 0 radical (unpaired) electrons. The van der Waals surface area contributed by atoms with Gasteiger partial charge >= 0.3 is 0 Å². The average molecular weight is 220 g/mol. The van der Waals surface area contributed by atoms with Crippen molar-refractivity contribution in [2.45, 2.75) is 26.6 Å². The van der Waals surface area contributed by atoms with E-state index in [2.05, 4.69) is 27.4 Å². The first-order chi connectivity index (χ1) is 7.79. The lowest BCUT2D eigenvalue weighted by Gasteiger charge is -2.04. The summed E-state index contributed by atoms with van der Waals surface area (Å²) in [4.78, 5) is 4.14. The smallest absolute Gasteiger partial charge is 0.164 e. The third-order valence-corrected chi connectivity index (χ3v) is 2.34. The normalized spacial score (nSPS) is 10.9. The summed E-state index contributed by atoms with van der Waals surface area (Å²) in [5, 5.41) is 11.7. The van der Waals surface area contributed by atoms with E-state index in [-0.39, 0.29) is 0 Å². The van der Waals surface area contributed by atoms with Gasteiger partial charge in [0.25, 0.3) is 0 Å². The lowest BCUT2D eigenvalue weighted by molar-refractivity contribution is 0.572. The molecule has 6 nitrogen and oxygen atoms in total. The Morgan fingerprint density at radius 1 is 1.38 bits per heavy atom. The van der Waals surface area contributed by atoms with E-state index in [0.717, 1.165) is 18.9 Å². The van der Waals surface area contributed by atoms with Crippen LogP contribution in [0.25, 0.3) is 0 Å². The largest absolute Gasteiger partial charge is 0.304 e. The molecule has 0 aliphatic carbocycles. The zero-order valence-electron chi connectivity index (χ0n) is 9.59. The second kappa shape index (κ2) is 4.89. The van der Waals surface area contributed by atoms with Gasteiger partial charge in [-0.05, 0) is 13.0 Å². The van der Waals surface area contributed by atoms with Crippen LogP contribution >= 0.6 is 0 Å². The van der Waals surface area contributed by atoms with Gasteiger partial charge in [-0.1, -0.05) is 0 Å². The summed E-state index contributed by atoms with van der Waals surface area (Å²) >= 11 is 0. The van der Waals surface area contributed by atoms with Crippen LogP contribution in [0.4, 0.5) is 0 Å². The molecule has 0 saturated heterocycles. The van der Waals surface area contributed by atoms with Crippen LogP contribution in [0.5, 0.6) is 0 Å². The summed E-state index contributed by atoms with van der Waals surface area (Å²) in [5.41, 5.74) is 1.18. The molecule has 0 amide bonds. The van der Waals surface area contributed by atoms with E-state index >= 15 is 0 Å². The molecule has 0 fully saturated rings. The first-order valence-electron chi connectivity index (χ1n) is 5.35. The van der Waals surface area contributed by atoms with Gasteiger partial charge in [0.1, 0.15) is 6.33 Å². The highest BCUT2D eigenvalue weighted by atomic mass is 15.3. The molecular formula is C10H16N6. The molecule has 16 heavy (non-hydrogen) atoms. The third kappa shape index (κ3) is 2.46. The van der Waals surface area contributed by atoms with Gasteiger partial charge in [0.15, 0.2) is 5.82 Å². The summed E-state index contributed by atoms with van der Waals surface area (Å²) in [6.07, 6.45) is 3.52. The maximum atomic E-state index is 4.21. The van der Waals surface area contributed by atoms with Crippen molar-refractivity contribution in [1.82, 2.24) is 29.9 Å². The van der Waals surface area contributed by atoms with Crippen LogP contribution in [0.1, 0.15) is 18.4 Å². The Hall–Kier alpha value is -1.69. The first kappa shape index (κ1) is 10.8. The molecule has 2 rings (SSSR count). The molecule has 2 aromatic rings. The molecule has 0 spiro atoms. The number of rotatable bonds is 5. The molecule has 2 heterocycles. The zero-order valence-corrected chi connectivity index (χ0v) is 9.59. The Labute approximate surface area is 94.3 Å². The fourth-order valence-corrected chi connectivity index (χ4v) is 1.56. The van der Waals surface area contributed by atoms with Gasteiger partial charge in [-0.15, -0.1) is 0 Å². The van der Waals surface area contributed by atoms with Crippen LogP contribution in [0.15, 0.2) is 18.6 Å². The third-order valence-electron chi connectivity index (χ3n) is 2.34. The van der Waals surface area contributed by atoms with Crippen LogP contribution < -0.4 is 5.32 Å². The van der Waals surface area contributed by atoms with E-state index in [1.165, 1.54) is 5.69 Å². The van der Waals surface area contributed by atoms with Crippen molar-refractivity contribution in [2.24, 2.45) is 7.05 Å². The zero-order chi connectivity index (χ0) is 11.4. The van der Waals surface area contributed by atoms with Crippen molar-refractivity contribution in [3.8, 4) is 0 Å². The maximum Gasteiger partial charge on any atom is 0.164 e. The molecule has 1 N–H and O–H groups in total. The van der Waals surface area contributed by atoms with E-state index in [0.29, 0.717) is 6.54 Å². The van der Waals surface area contributed by atoms with Crippen molar-refractivity contribution >= 4 is 0 Å². The number of aromatic nitrogens is 5.